The summed E-state index contributed by atoms with van der Waals surface area (Å²) < 4.78 is 2.02. The number of benzene rings is 1. The van der Waals surface area contributed by atoms with Crippen molar-refractivity contribution in [3.05, 3.63) is 47.3 Å². The highest BCUT2D eigenvalue weighted by atomic mass is 15.3. The molecule has 3 nitrogen and oxygen atoms in total. The number of nitrogens with zero attached hydrogens (tertiary/aromatic N) is 2. The zero-order valence-electron chi connectivity index (χ0n) is 12.3. The molecular weight excluding hydrogens is 246 g/mol. The second-order valence-corrected chi connectivity index (χ2v) is 5.96. The number of aromatic nitrogens is 2. The molecule has 2 N–H and O–H groups in total. The van der Waals surface area contributed by atoms with E-state index >= 15 is 0 Å². The lowest BCUT2D eigenvalue weighted by Crippen LogP contribution is -2.22. The number of hydrogen-bond donors (Lipinski definition) is 1. The normalized spacial score (nSPS) is 16.4. The van der Waals surface area contributed by atoms with Gasteiger partial charge >= 0.3 is 0 Å². The van der Waals surface area contributed by atoms with Gasteiger partial charge in [0.15, 0.2) is 0 Å². The van der Waals surface area contributed by atoms with Crippen LogP contribution in [0.2, 0.25) is 0 Å². The van der Waals surface area contributed by atoms with Crippen molar-refractivity contribution in [1.82, 2.24) is 9.78 Å². The Labute approximate surface area is 120 Å². The summed E-state index contributed by atoms with van der Waals surface area (Å²) in [5.41, 5.74) is 11.1. The molecule has 1 heterocycles. The van der Waals surface area contributed by atoms with E-state index in [0.29, 0.717) is 5.92 Å². The minimum Gasteiger partial charge on any atom is -0.327 e. The molecule has 1 aromatic carbocycles. The predicted molar refractivity (Wildman–Crippen MR) is 82.2 cm³/mol. The fourth-order valence-electron chi connectivity index (χ4n) is 2.60. The van der Waals surface area contributed by atoms with E-state index in [-0.39, 0.29) is 6.04 Å². The molecule has 2 aromatic rings. The molecule has 106 valence electrons. The molecule has 20 heavy (non-hydrogen) atoms. The van der Waals surface area contributed by atoms with Gasteiger partial charge in [0.05, 0.1) is 11.4 Å². The van der Waals surface area contributed by atoms with Crippen LogP contribution in [0.1, 0.15) is 48.9 Å². The van der Waals surface area contributed by atoms with Crippen LogP contribution in [0, 0.1) is 6.92 Å². The van der Waals surface area contributed by atoms with Gasteiger partial charge in [-0.3, -0.25) is 0 Å². The minimum atomic E-state index is 0.217. The first-order valence-corrected chi connectivity index (χ1v) is 7.58. The summed E-state index contributed by atoms with van der Waals surface area (Å²) in [7, 11) is 0. The molecule has 1 unspecified atom stereocenters. The van der Waals surface area contributed by atoms with E-state index in [1.54, 1.807) is 0 Å². The summed E-state index contributed by atoms with van der Waals surface area (Å²) >= 11 is 0. The summed E-state index contributed by atoms with van der Waals surface area (Å²) in [6, 6.07) is 8.92. The fourth-order valence-corrected chi connectivity index (χ4v) is 2.60. The second-order valence-electron chi connectivity index (χ2n) is 5.96. The number of hydrogen-bond acceptors (Lipinski definition) is 2. The Hall–Kier alpha value is -1.61. The average molecular weight is 269 g/mol. The molecule has 3 rings (SSSR count). The van der Waals surface area contributed by atoms with Gasteiger partial charge in [0.2, 0.25) is 0 Å². The fraction of sp³-hybridized carbons (Fsp3) is 0.471. The standard InChI is InChI=1S/C17H23N3/c1-3-15(18)11-14-10-12(2)4-7-17(14)20-9-8-16(19-20)13-5-6-13/h4,7-10,13,15H,3,5-6,11,18H2,1-2H3. The van der Waals surface area contributed by atoms with Crippen molar-refractivity contribution >= 4 is 0 Å². The van der Waals surface area contributed by atoms with Gasteiger partial charge in [0.1, 0.15) is 0 Å². The van der Waals surface area contributed by atoms with Gasteiger partial charge < -0.3 is 5.73 Å². The summed E-state index contributed by atoms with van der Waals surface area (Å²) in [4.78, 5) is 0. The maximum absolute atomic E-state index is 6.14. The summed E-state index contributed by atoms with van der Waals surface area (Å²) in [6.07, 6.45) is 6.57. The third-order valence-corrected chi connectivity index (χ3v) is 4.09. The Balaban J connectivity index is 1.93. The third kappa shape index (κ3) is 2.78. The van der Waals surface area contributed by atoms with Crippen molar-refractivity contribution in [2.45, 2.75) is 51.5 Å². The van der Waals surface area contributed by atoms with Gasteiger partial charge in [0.25, 0.3) is 0 Å². The summed E-state index contributed by atoms with van der Waals surface area (Å²) in [5.74, 6) is 0.697. The molecular formula is C17H23N3. The zero-order chi connectivity index (χ0) is 14.1. The van der Waals surface area contributed by atoms with E-state index in [1.165, 1.54) is 35.3 Å². The van der Waals surface area contributed by atoms with Crippen molar-refractivity contribution in [3.63, 3.8) is 0 Å². The molecule has 1 aromatic heterocycles. The van der Waals surface area contributed by atoms with Crippen LogP contribution in [0.4, 0.5) is 0 Å². The van der Waals surface area contributed by atoms with Crippen LogP contribution in [0.3, 0.4) is 0 Å². The van der Waals surface area contributed by atoms with Gasteiger partial charge in [-0.25, -0.2) is 4.68 Å². The van der Waals surface area contributed by atoms with E-state index < -0.39 is 0 Å². The second kappa shape index (κ2) is 5.41. The molecule has 1 saturated carbocycles. The molecule has 0 saturated heterocycles. The first kappa shape index (κ1) is 13.4. The predicted octanol–water partition coefficient (Wildman–Crippen LogP) is 3.34. The van der Waals surface area contributed by atoms with Crippen molar-refractivity contribution in [2.24, 2.45) is 5.73 Å². The van der Waals surface area contributed by atoms with E-state index in [2.05, 4.69) is 44.3 Å². The first-order chi connectivity index (χ1) is 9.67. The molecule has 1 aliphatic rings. The maximum atomic E-state index is 6.14. The van der Waals surface area contributed by atoms with Crippen molar-refractivity contribution in [2.75, 3.05) is 0 Å². The number of aryl methyl sites for hydroxylation is 1. The van der Waals surface area contributed by atoms with Gasteiger partial charge in [-0.05, 0) is 50.3 Å². The van der Waals surface area contributed by atoms with Crippen LogP contribution in [-0.4, -0.2) is 15.8 Å². The van der Waals surface area contributed by atoms with Gasteiger partial charge in [-0.2, -0.15) is 5.10 Å². The van der Waals surface area contributed by atoms with E-state index in [9.17, 15) is 0 Å². The highest BCUT2D eigenvalue weighted by Crippen LogP contribution is 2.39. The lowest BCUT2D eigenvalue weighted by atomic mass is 10.0. The monoisotopic (exact) mass is 269 g/mol. The molecule has 1 fully saturated rings. The summed E-state index contributed by atoms with van der Waals surface area (Å²) in [5, 5.41) is 4.74. The Morgan fingerprint density at radius 2 is 2.15 bits per heavy atom. The van der Waals surface area contributed by atoms with Crippen LogP contribution in [-0.2, 0) is 6.42 Å². The molecule has 0 spiro atoms. The molecule has 0 bridgehead atoms. The lowest BCUT2D eigenvalue weighted by molar-refractivity contribution is 0.642. The lowest BCUT2D eigenvalue weighted by Gasteiger charge is -2.14. The number of rotatable bonds is 5. The Bertz CT molecular complexity index is 596. The smallest absolute Gasteiger partial charge is 0.0678 e. The SMILES string of the molecule is CCC(N)Cc1cc(C)ccc1-n1ccc(C2CC2)n1. The van der Waals surface area contributed by atoms with E-state index in [4.69, 9.17) is 10.8 Å². The van der Waals surface area contributed by atoms with Crippen molar-refractivity contribution in [1.29, 1.82) is 0 Å². The Morgan fingerprint density at radius 3 is 2.85 bits per heavy atom. The largest absolute Gasteiger partial charge is 0.327 e. The van der Waals surface area contributed by atoms with Gasteiger partial charge in [-0.15, -0.1) is 0 Å². The molecule has 0 aliphatic heterocycles. The van der Waals surface area contributed by atoms with Crippen molar-refractivity contribution < 1.29 is 0 Å². The van der Waals surface area contributed by atoms with Gasteiger partial charge in [-0.1, -0.05) is 24.6 Å². The van der Waals surface area contributed by atoms with E-state index in [1.807, 2.05) is 4.68 Å². The summed E-state index contributed by atoms with van der Waals surface area (Å²) in [6.45, 7) is 4.27. The highest BCUT2D eigenvalue weighted by molar-refractivity contribution is 5.43. The topological polar surface area (TPSA) is 43.8 Å². The van der Waals surface area contributed by atoms with Crippen LogP contribution in [0.5, 0.6) is 0 Å². The van der Waals surface area contributed by atoms with Gasteiger partial charge in [0, 0.05) is 18.2 Å². The third-order valence-electron chi connectivity index (χ3n) is 4.09. The first-order valence-electron chi connectivity index (χ1n) is 7.58. The Kier molecular flexibility index (Phi) is 3.62. The van der Waals surface area contributed by atoms with Crippen LogP contribution in [0.25, 0.3) is 5.69 Å². The zero-order valence-corrected chi connectivity index (χ0v) is 12.3. The minimum absolute atomic E-state index is 0.217. The highest BCUT2D eigenvalue weighted by Gasteiger charge is 2.26. The maximum Gasteiger partial charge on any atom is 0.0678 e. The van der Waals surface area contributed by atoms with Crippen LogP contribution < -0.4 is 5.73 Å². The molecule has 3 heteroatoms. The van der Waals surface area contributed by atoms with E-state index in [0.717, 1.165) is 12.8 Å². The molecule has 1 atom stereocenters. The quantitative estimate of drug-likeness (QED) is 0.904. The Morgan fingerprint density at radius 1 is 1.35 bits per heavy atom. The van der Waals surface area contributed by atoms with Crippen LogP contribution >= 0.6 is 0 Å². The van der Waals surface area contributed by atoms with Crippen LogP contribution in [0.15, 0.2) is 30.5 Å². The van der Waals surface area contributed by atoms with Crippen molar-refractivity contribution in [3.8, 4) is 5.69 Å². The molecule has 0 amide bonds. The number of nitrogens with two attached hydrogens (primary N) is 1. The molecule has 0 radical (unpaired) electrons. The average Bonchev–Trinajstić information content (AvgIpc) is 3.17. The molecule has 1 aliphatic carbocycles.